The van der Waals surface area contributed by atoms with Gasteiger partial charge in [-0.2, -0.15) is 0 Å². The highest BCUT2D eigenvalue weighted by Gasteiger charge is 2.58. The number of fused-ring (bicyclic) bond motifs is 1. The summed E-state index contributed by atoms with van der Waals surface area (Å²) in [6.45, 7) is 2.12. The standard InChI is InChI=1S/C36H38N2O11/c1-20(6-5-9-21-7-3-2-4-8-21)16-17-38-19-36(46)32(42)29(41)31(34(44)45)49-35(36)47-24-14-15-25-26(18-24)48-30(33(37)43)27(28(25)40)22-10-12-23(39)13-11-22/h2-5,7-15,18,20,29,31-32,35,38-39,41-42,46H,6,16-17,19H2,1H3,(H2,37,43)(H,44,45). The topological polar surface area (TPSA) is 222 Å². The van der Waals surface area contributed by atoms with Crippen LogP contribution in [0.3, 0.4) is 0 Å². The highest BCUT2D eigenvalue weighted by Crippen LogP contribution is 2.34. The maximum Gasteiger partial charge on any atom is 0.335 e. The molecule has 0 radical (unpaired) electrons. The van der Waals surface area contributed by atoms with Crippen LogP contribution in [0.4, 0.5) is 0 Å². The third-order valence-electron chi connectivity index (χ3n) is 8.42. The number of benzene rings is 3. The zero-order valence-corrected chi connectivity index (χ0v) is 26.6. The summed E-state index contributed by atoms with van der Waals surface area (Å²) < 4.78 is 17.1. The summed E-state index contributed by atoms with van der Waals surface area (Å²) in [5, 5.41) is 55.5. The van der Waals surface area contributed by atoms with Crippen LogP contribution in [0.25, 0.3) is 28.2 Å². The lowest BCUT2D eigenvalue weighted by Gasteiger charge is -2.46. The monoisotopic (exact) mass is 674 g/mol. The molecule has 13 nitrogen and oxygen atoms in total. The predicted molar refractivity (Wildman–Crippen MR) is 179 cm³/mol. The maximum atomic E-state index is 13.5. The minimum Gasteiger partial charge on any atom is -0.508 e. The van der Waals surface area contributed by atoms with Crippen LogP contribution in [-0.2, 0) is 9.53 Å². The van der Waals surface area contributed by atoms with Crippen molar-refractivity contribution in [2.24, 2.45) is 11.7 Å². The number of carbonyl (C=O) groups is 2. The number of primary amides is 1. The fourth-order valence-electron chi connectivity index (χ4n) is 5.64. The Bertz CT molecular complexity index is 1880. The molecule has 13 heteroatoms. The second-order valence-electron chi connectivity index (χ2n) is 12.1. The highest BCUT2D eigenvalue weighted by atomic mass is 16.7. The van der Waals surface area contributed by atoms with Crippen molar-refractivity contribution in [3.05, 3.63) is 100 Å². The molecule has 49 heavy (non-hydrogen) atoms. The Morgan fingerprint density at radius 3 is 2.47 bits per heavy atom. The van der Waals surface area contributed by atoms with Crippen molar-refractivity contribution in [1.29, 1.82) is 0 Å². The third-order valence-corrected chi connectivity index (χ3v) is 8.42. The van der Waals surface area contributed by atoms with Gasteiger partial charge in [0, 0.05) is 12.6 Å². The van der Waals surface area contributed by atoms with E-state index in [4.69, 9.17) is 19.6 Å². The van der Waals surface area contributed by atoms with Crippen molar-refractivity contribution in [2.75, 3.05) is 13.1 Å². The van der Waals surface area contributed by atoms with E-state index in [1.807, 2.05) is 36.4 Å². The lowest BCUT2D eigenvalue weighted by Crippen LogP contribution is -2.71. The van der Waals surface area contributed by atoms with Crippen LogP contribution in [0.1, 0.15) is 35.9 Å². The number of nitrogens with two attached hydrogens (primary N) is 1. The molecule has 0 aliphatic carbocycles. The number of aliphatic hydroxyl groups is 3. The quantitative estimate of drug-likeness (QED) is 0.102. The van der Waals surface area contributed by atoms with Crippen LogP contribution in [0, 0.1) is 5.92 Å². The summed E-state index contributed by atoms with van der Waals surface area (Å²) >= 11 is 0. The zero-order valence-electron chi connectivity index (χ0n) is 26.6. The van der Waals surface area contributed by atoms with Gasteiger partial charge in [0.15, 0.2) is 11.7 Å². The smallest absolute Gasteiger partial charge is 0.335 e. The van der Waals surface area contributed by atoms with Gasteiger partial charge in [0.25, 0.3) is 5.91 Å². The number of aromatic hydroxyl groups is 1. The first-order valence-corrected chi connectivity index (χ1v) is 15.6. The molecule has 2 heterocycles. The molecule has 5 rings (SSSR count). The Morgan fingerprint density at radius 1 is 1.08 bits per heavy atom. The van der Waals surface area contributed by atoms with Crippen molar-refractivity contribution in [2.45, 2.75) is 50.0 Å². The number of aliphatic hydroxyl groups excluding tert-OH is 2. The first kappa shape index (κ1) is 35.3. The van der Waals surface area contributed by atoms with E-state index in [1.165, 1.54) is 42.5 Å². The Balaban J connectivity index is 1.35. The minimum absolute atomic E-state index is 0.0357. The number of hydrogen-bond acceptors (Lipinski definition) is 11. The van der Waals surface area contributed by atoms with Crippen molar-refractivity contribution in [1.82, 2.24) is 5.32 Å². The summed E-state index contributed by atoms with van der Waals surface area (Å²) in [5.41, 5.74) is 3.73. The number of rotatable bonds is 13. The SMILES string of the molecule is CC(CC=Cc1ccccc1)CCNCC1(O)C(Oc2ccc3c(=O)c(-c4ccc(O)cc4)c(C(N)=O)oc3c2)OC(C(=O)O)C(O)C1O. The number of nitrogens with one attached hydrogen (secondary N) is 1. The van der Waals surface area contributed by atoms with E-state index in [0.29, 0.717) is 13.0 Å². The fraction of sp³-hybridized carbons (Fsp3) is 0.306. The Morgan fingerprint density at radius 2 is 1.80 bits per heavy atom. The van der Waals surface area contributed by atoms with Crippen LogP contribution < -0.4 is 21.2 Å². The lowest BCUT2D eigenvalue weighted by molar-refractivity contribution is -0.311. The second-order valence-corrected chi connectivity index (χ2v) is 12.1. The number of carboxylic acids is 1. The largest absolute Gasteiger partial charge is 0.508 e. The van der Waals surface area contributed by atoms with E-state index in [2.05, 4.69) is 18.3 Å². The van der Waals surface area contributed by atoms with Crippen molar-refractivity contribution < 1.29 is 49.0 Å². The number of allylic oxidation sites excluding steroid dienone is 1. The summed E-state index contributed by atoms with van der Waals surface area (Å²) in [6, 6.07) is 19.3. The molecule has 3 aromatic carbocycles. The van der Waals surface area contributed by atoms with Crippen LogP contribution in [0.5, 0.6) is 11.5 Å². The normalized spacial score (nSPS) is 23.0. The molecular formula is C36H38N2O11. The van der Waals surface area contributed by atoms with E-state index in [0.717, 1.165) is 12.0 Å². The fourth-order valence-corrected chi connectivity index (χ4v) is 5.64. The first-order chi connectivity index (χ1) is 23.4. The summed E-state index contributed by atoms with van der Waals surface area (Å²) in [7, 11) is 0. The van der Waals surface area contributed by atoms with E-state index in [9.17, 15) is 39.9 Å². The average Bonchev–Trinajstić information content (AvgIpc) is 3.08. The number of ether oxygens (including phenoxy) is 2. The predicted octanol–water partition coefficient (Wildman–Crippen LogP) is 2.62. The van der Waals surface area contributed by atoms with Gasteiger partial charge in [0.05, 0.1) is 10.9 Å². The van der Waals surface area contributed by atoms with Gasteiger partial charge < -0.3 is 50.5 Å². The lowest BCUT2D eigenvalue weighted by atomic mass is 9.86. The molecule has 0 saturated carbocycles. The number of aliphatic carboxylic acids is 1. The van der Waals surface area contributed by atoms with Gasteiger partial charge in [-0.3, -0.25) is 9.59 Å². The second kappa shape index (κ2) is 15.0. The highest BCUT2D eigenvalue weighted by molar-refractivity contribution is 5.99. The Labute approximate surface area is 280 Å². The molecule has 1 aliphatic heterocycles. The number of phenolic OH excluding ortho intramolecular Hbond substituents is 1. The molecule has 4 aromatic rings. The molecule has 258 valence electrons. The maximum absolute atomic E-state index is 13.5. The van der Waals surface area contributed by atoms with Crippen molar-refractivity contribution in [3.8, 4) is 22.6 Å². The number of amides is 1. The molecular weight excluding hydrogens is 636 g/mol. The van der Waals surface area contributed by atoms with E-state index in [1.54, 1.807) is 0 Å². The van der Waals surface area contributed by atoms with Crippen LogP contribution >= 0.6 is 0 Å². The van der Waals surface area contributed by atoms with Gasteiger partial charge in [-0.1, -0.05) is 61.5 Å². The minimum atomic E-state index is -2.33. The third kappa shape index (κ3) is 7.82. The summed E-state index contributed by atoms with van der Waals surface area (Å²) in [6.07, 6.45) is -2.15. The number of carboxylic acid groups (broad SMARTS) is 1. The summed E-state index contributed by atoms with van der Waals surface area (Å²) in [5.74, 6) is -2.96. The van der Waals surface area contributed by atoms with Gasteiger partial charge in [-0.25, -0.2) is 4.79 Å². The van der Waals surface area contributed by atoms with Crippen LogP contribution in [0.15, 0.2) is 88.1 Å². The van der Waals surface area contributed by atoms with Gasteiger partial charge in [0.1, 0.15) is 29.3 Å². The number of carbonyl (C=O) groups excluding carboxylic acids is 1. The van der Waals surface area contributed by atoms with Crippen LogP contribution in [0.2, 0.25) is 0 Å². The molecule has 6 atom stereocenters. The zero-order chi connectivity index (χ0) is 35.3. The van der Waals surface area contributed by atoms with Gasteiger partial charge >= 0.3 is 5.97 Å². The van der Waals surface area contributed by atoms with E-state index < -0.39 is 53.3 Å². The molecule has 0 spiro atoms. The van der Waals surface area contributed by atoms with E-state index >= 15 is 0 Å². The first-order valence-electron chi connectivity index (χ1n) is 15.6. The van der Waals surface area contributed by atoms with Crippen molar-refractivity contribution in [3.63, 3.8) is 0 Å². The molecule has 1 aliphatic rings. The average molecular weight is 675 g/mol. The number of hydrogen-bond donors (Lipinski definition) is 7. The Kier molecular flexibility index (Phi) is 10.8. The van der Waals surface area contributed by atoms with Gasteiger partial charge in [-0.15, -0.1) is 0 Å². The Hall–Kier alpha value is -5.05. The molecule has 6 unspecified atom stereocenters. The molecule has 0 bridgehead atoms. The summed E-state index contributed by atoms with van der Waals surface area (Å²) in [4.78, 5) is 37.7. The molecule has 1 amide bonds. The molecule has 1 fully saturated rings. The van der Waals surface area contributed by atoms with Crippen molar-refractivity contribution >= 4 is 28.9 Å². The molecule has 1 saturated heterocycles. The van der Waals surface area contributed by atoms with E-state index in [-0.39, 0.29) is 46.1 Å². The van der Waals surface area contributed by atoms with Crippen LogP contribution in [-0.4, -0.2) is 80.7 Å². The van der Waals surface area contributed by atoms with Gasteiger partial charge in [0.2, 0.25) is 17.5 Å². The van der Waals surface area contributed by atoms with Gasteiger partial charge in [-0.05, 0) is 60.7 Å². The number of phenols is 1. The molecule has 8 N–H and O–H groups in total. The molecule has 1 aromatic heterocycles.